The van der Waals surface area contributed by atoms with Gasteiger partial charge in [0, 0.05) is 11.6 Å². The van der Waals surface area contributed by atoms with Crippen molar-refractivity contribution in [2.75, 3.05) is 0 Å². The summed E-state index contributed by atoms with van der Waals surface area (Å²) in [7, 11) is 0. The highest BCUT2D eigenvalue weighted by molar-refractivity contribution is 6.42. The lowest BCUT2D eigenvalue weighted by Gasteiger charge is -2.08. The van der Waals surface area contributed by atoms with Crippen molar-refractivity contribution in [1.29, 1.82) is 0 Å². The van der Waals surface area contributed by atoms with E-state index in [2.05, 4.69) is 15.8 Å². The fourth-order valence-electron chi connectivity index (χ4n) is 2.56. The number of carbonyl (C=O) groups is 2. The van der Waals surface area contributed by atoms with Crippen LogP contribution in [-0.4, -0.2) is 18.0 Å². The fourth-order valence-corrected chi connectivity index (χ4v) is 3.01. The van der Waals surface area contributed by atoms with Gasteiger partial charge in [0.05, 0.1) is 16.3 Å². The molecule has 0 saturated carbocycles. The van der Waals surface area contributed by atoms with Gasteiger partial charge in [-0.25, -0.2) is 5.43 Å². The number of halogens is 3. The minimum absolute atomic E-state index is 0.200. The molecule has 0 aliphatic heterocycles. The molecule has 0 spiro atoms. The van der Waals surface area contributed by atoms with E-state index in [1.54, 1.807) is 60.7 Å². The number of amides is 2. The van der Waals surface area contributed by atoms with E-state index in [1.165, 1.54) is 6.21 Å². The summed E-state index contributed by atoms with van der Waals surface area (Å²) in [6.07, 6.45) is 1.41. The van der Waals surface area contributed by atoms with Gasteiger partial charge < -0.3 is 10.1 Å². The van der Waals surface area contributed by atoms with Crippen LogP contribution in [0, 0.1) is 0 Å². The van der Waals surface area contributed by atoms with Crippen LogP contribution in [0.25, 0.3) is 0 Å². The molecule has 0 fully saturated rings. The summed E-state index contributed by atoms with van der Waals surface area (Å²) in [6, 6.07) is 19.3. The van der Waals surface area contributed by atoms with Crippen LogP contribution in [0.4, 0.5) is 0 Å². The fraction of sp³-hybridized carbons (Fsp3) is 0.0870. The quantitative estimate of drug-likeness (QED) is 0.278. The molecule has 3 rings (SSSR count). The highest BCUT2D eigenvalue weighted by atomic mass is 35.5. The second-order valence-electron chi connectivity index (χ2n) is 6.62. The Morgan fingerprint density at radius 1 is 0.875 bits per heavy atom. The molecular formula is C23H18Cl3N3O3. The van der Waals surface area contributed by atoms with Gasteiger partial charge in [0.1, 0.15) is 12.4 Å². The summed E-state index contributed by atoms with van der Waals surface area (Å²) in [5.41, 5.74) is 4.56. The molecule has 0 atom stereocenters. The molecular weight excluding hydrogens is 473 g/mol. The largest absolute Gasteiger partial charge is 0.489 e. The maximum atomic E-state index is 11.9. The number of hydrazone groups is 1. The van der Waals surface area contributed by atoms with Crippen molar-refractivity contribution in [1.82, 2.24) is 10.7 Å². The molecule has 2 N–H and O–H groups in total. The van der Waals surface area contributed by atoms with Crippen molar-refractivity contribution in [3.05, 3.63) is 98.5 Å². The van der Waals surface area contributed by atoms with Gasteiger partial charge in [-0.05, 0) is 53.1 Å². The van der Waals surface area contributed by atoms with Crippen molar-refractivity contribution in [3.63, 3.8) is 0 Å². The molecule has 0 aliphatic rings. The van der Waals surface area contributed by atoms with E-state index in [-0.39, 0.29) is 6.54 Å². The van der Waals surface area contributed by atoms with Crippen LogP contribution in [0.1, 0.15) is 16.7 Å². The van der Waals surface area contributed by atoms with Gasteiger partial charge in [-0.1, -0.05) is 65.1 Å². The first-order valence-electron chi connectivity index (χ1n) is 9.43. The summed E-state index contributed by atoms with van der Waals surface area (Å²) in [4.78, 5) is 23.8. The van der Waals surface area contributed by atoms with Gasteiger partial charge in [-0.15, -0.1) is 0 Å². The van der Waals surface area contributed by atoms with Crippen molar-refractivity contribution < 1.29 is 14.3 Å². The second-order valence-corrected chi connectivity index (χ2v) is 7.87. The van der Waals surface area contributed by atoms with E-state index in [1.807, 2.05) is 6.07 Å². The molecule has 32 heavy (non-hydrogen) atoms. The molecule has 0 saturated heterocycles. The molecule has 2 amide bonds. The maximum absolute atomic E-state index is 11.9. The van der Waals surface area contributed by atoms with Crippen LogP contribution in [0.2, 0.25) is 15.1 Å². The first-order chi connectivity index (χ1) is 15.4. The van der Waals surface area contributed by atoms with Crippen LogP contribution in [-0.2, 0) is 22.7 Å². The molecule has 3 aromatic carbocycles. The molecule has 0 unspecified atom stereocenters. The zero-order valence-corrected chi connectivity index (χ0v) is 18.9. The van der Waals surface area contributed by atoms with E-state index < -0.39 is 11.8 Å². The molecule has 0 bridgehead atoms. The molecule has 3 aromatic rings. The minimum Gasteiger partial charge on any atom is -0.489 e. The smallest absolute Gasteiger partial charge is 0.329 e. The van der Waals surface area contributed by atoms with Crippen molar-refractivity contribution in [3.8, 4) is 5.75 Å². The third-order valence-electron chi connectivity index (χ3n) is 4.20. The van der Waals surface area contributed by atoms with Crippen molar-refractivity contribution >= 4 is 52.8 Å². The Morgan fingerprint density at radius 3 is 2.38 bits per heavy atom. The van der Waals surface area contributed by atoms with Gasteiger partial charge in [0.15, 0.2) is 0 Å². The lowest BCUT2D eigenvalue weighted by atomic mass is 10.2. The average molecular weight is 491 g/mol. The molecule has 164 valence electrons. The Bertz CT molecular complexity index is 1130. The SMILES string of the molecule is O=C(NCc1ccc(Cl)cc1)C(=O)N/N=C\c1cccc(OCc2ccc(Cl)c(Cl)c2)c1. The van der Waals surface area contributed by atoms with Gasteiger partial charge in [-0.2, -0.15) is 5.10 Å². The topological polar surface area (TPSA) is 79.8 Å². The number of nitrogens with zero attached hydrogens (tertiary/aromatic N) is 1. The highest BCUT2D eigenvalue weighted by Crippen LogP contribution is 2.23. The predicted molar refractivity (Wildman–Crippen MR) is 126 cm³/mol. The van der Waals surface area contributed by atoms with Crippen LogP contribution < -0.4 is 15.5 Å². The van der Waals surface area contributed by atoms with Crippen molar-refractivity contribution in [2.24, 2.45) is 5.10 Å². The minimum atomic E-state index is -0.873. The summed E-state index contributed by atoms with van der Waals surface area (Å²) >= 11 is 17.7. The van der Waals surface area contributed by atoms with E-state index >= 15 is 0 Å². The Morgan fingerprint density at radius 2 is 1.62 bits per heavy atom. The molecule has 0 radical (unpaired) electrons. The van der Waals surface area contributed by atoms with Gasteiger partial charge in [0.25, 0.3) is 0 Å². The number of hydrogen-bond acceptors (Lipinski definition) is 4. The van der Waals surface area contributed by atoms with Crippen LogP contribution >= 0.6 is 34.8 Å². The number of benzene rings is 3. The monoisotopic (exact) mass is 489 g/mol. The Labute approximate surface area is 200 Å². The van der Waals surface area contributed by atoms with Gasteiger partial charge in [0.2, 0.25) is 0 Å². The Hall–Kier alpha value is -3.06. The summed E-state index contributed by atoms with van der Waals surface area (Å²) in [5, 5.41) is 7.86. The number of hydrogen-bond donors (Lipinski definition) is 2. The molecule has 0 aliphatic carbocycles. The first-order valence-corrected chi connectivity index (χ1v) is 10.6. The summed E-state index contributed by atoms with van der Waals surface area (Å²) < 4.78 is 5.75. The standard InChI is InChI=1S/C23H18Cl3N3O3/c24-18-7-4-15(5-8-18)12-27-22(30)23(31)29-28-13-16-2-1-3-19(10-16)32-14-17-6-9-20(25)21(26)11-17/h1-11,13H,12,14H2,(H,27,30)(H,29,31)/b28-13-. The number of rotatable bonds is 7. The molecule has 0 heterocycles. The molecule has 6 nitrogen and oxygen atoms in total. The number of carbonyl (C=O) groups excluding carboxylic acids is 2. The third-order valence-corrected chi connectivity index (χ3v) is 5.19. The molecule has 0 aromatic heterocycles. The predicted octanol–water partition coefficient (Wildman–Crippen LogP) is 4.99. The van der Waals surface area contributed by atoms with E-state index in [4.69, 9.17) is 39.5 Å². The zero-order chi connectivity index (χ0) is 22.9. The maximum Gasteiger partial charge on any atom is 0.329 e. The second kappa shape index (κ2) is 11.5. The average Bonchev–Trinajstić information content (AvgIpc) is 2.79. The first kappa shape index (κ1) is 23.6. The summed E-state index contributed by atoms with van der Waals surface area (Å²) in [5.74, 6) is -1.06. The van der Waals surface area contributed by atoms with Gasteiger partial charge in [-0.3, -0.25) is 9.59 Å². The Kier molecular flexibility index (Phi) is 8.50. The highest BCUT2D eigenvalue weighted by Gasteiger charge is 2.11. The third kappa shape index (κ3) is 7.27. The number of nitrogens with one attached hydrogen (secondary N) is 2. The van der Waals surface area contributed by atoms with Gasteiger partial charge >= 0.3 is 11.8 Å². The van der Waals surface area contributed by atoms with E-state index in [0.717, 1.165) is 11.1 Å². The Balaban J connectivity index is 1.48. The van der Waals surface area contributed by atoms with Crippen LogP contribution in [0.15, 0.2) is 71.8 Å². The molecule has 9 heteroatoms. The zero-order valence-electron chi connectivity index (χ0n) is 16.6. The van der Waals surface area contributed by atoms with Crippen molar-refractivity contribution in [2.45, 2.75) is 13.2 Å². The van der Waals surface area contributed by atoms with Crippen LogP contribution in [0.3, 0.4) is 0 Å². The number of ether oxygens (including phenoxy) is 1. The lowest BCUT2D eigenvalue weighted by molar-refractivity contribution is -0.139. The normalized spacial score (nSPS) is 10.7. The lowest BCUT2D eigenvalue weighted by Crippen LogP contribution is -2.37. The van der Waals surface area contributed by atoms with E-state index in [9.17, 15) is 9.59 Å². The summed E-state index contributed by atoms with van der Waals surface area (Å²) in [6.45, 7) is 0.507. The van der Waals surface area contributed by atoms with E-state index in [0.29, 0.717) is 33.0 Å². The van der Waals surface area contributed by atoms with Crippen LogP contribution in [0.5, 0.6) is 5.75 Å².